The van der Waals surface area contributed by atoms with Crippen LogP contribution in [0.5, 0.6) is 0 Å². The number of fused-ring (bicyclic) bond motifs is 1. The zero-order valence-corrected chi connectivity index (χ0v) is 11.9. The first-order chi connectivity index (χ1) is 8.80. The molecule has 0 radical (unpaired) electrons. The predicted molar refractivity (Wildman–Crippen MR) is 74.4 cm³/mol. The van der Waals surface area contributed by atoms with Gasteiger partial charge in [-0.15, -0.1) is 6.58 Å². The third-order valence-electron chi connectivity index (χ3n) is 2.86. The monoisotopic (exact) mass is 301 g/mol. The quantitative estimate of drug-likeness (QED) is 0.638. The van der Waals surface area contributed by atoms with Crippen LogP contribution in [0.1, 0.15) is 13.3 Å². The molecule has 0 saturated carbocycles. The van der Waals surface area contributed by atoms with Crippen molar-refractivity contribution in [3.63, 3.8) is 0 Å². The van der Waals surface area contributed by atoms with E-state index in [1.807, 2.05) is 6.92 Å². The van der Waals surface area contributed by atoms with E-state index in [4.69, 9.17) is 10.7 Å². The highest BCUT2D eigenvalue weighted by Crippen LogP contribution is 2.30. The topological polar surface area (TPSA) is 39.1 Å². The Morgan fingerprint density at radius 2 is 2.16 bits per heavy atom. The lowest BCUT2D eigenvalue weighted by atomic mass is 10.2. The zero-order valence-electron chi connectivity index (χ0n) is 10.4. The van der Waals surface area contributed by atoms with Crippen LogP contribution in [-0.2, 0) is 15.6 Å². The Labute approximate surface area is 115 Å². The Kier molecular flexibility index (Phi) is 3.69. The Bertz CT molecular complexity index is 749. The van der Waals surface area contributed by atoms with Gasteiger partial charge in [-0.2, -0.15) is 0 Å². The average molecular weight is 302 g/mol. The zero-order chi connectivity index (χ0) is 14.2. The first-order valence-corrected chi connectivity index (χ1v) is 7.98. The summed E-state index contributed by atoms with van der Waals surface area (Å²) in [5.41, 5.74) is 1.48. The van der Waals surface area contributed by atoms with Crippen molar-refractivity contribution in [1.29, 1.82) is 0 Å². The number of aromatic nitrogens is 1. The van der Waals surface area contributed by atoms with Crippen LogP contribution in [0.3, 0.4) is 0 Å². The molecule has 0 amide bonds. The lowest BCUT2D eigenvalue weighted by molar-refractivity contribution is 0.607. The highest BCUT2D eigenvalue weighted by atomic mass is 35.7. The summed E-state index contributed by atoms with van der Waals surface area (Å²) >= 11 is 0. The third-order valence-corrected chi connectivity index (χ3v) is 4.20. The fourth-order valence-corrected chi connectivity index (χ4v) is 3.00. The molecule has 0 spiro atoms. The maximum atomic E-state index is 13.8. The molecule has 1 aromatic heterocycles. The van der Waals surface area contributed by atoms with E-state index in [1.165, 1.54) is 12.3 Å². The molecule has 0 aliphatic heterocycles. The standard InChI is InChI=1S/C13H13ClFNO2S/c1-9(2)6-7-16-8-12(19(14,17)18)13-10(15)4-3-5-11(13)16/h3-5,8H,1,6-7H2,2H3. The smallest absolute Gasteiger partial charge is 0.263 e. The maximum absolute atomic E-state index is 13.8. The van der Waals surface area contributed by atoms with E-state index in [2.05, 4.69) is 6.58 Å². The van der Waals surface area contributed by atoms with Crippen molar-refractivity contribution in [3.8, 4) is 0 Å². The van der Waals surface area contributed by atoms with E-state index in [0.29, 0.717) is 18.5 Å². The molecule has 0 bridgehead atoms. The number of hydrogen-bond donors (Lipinski definition) is 0. The highest BCUT2D eigenvalue weighted by molar-refractivity contribution is 8.14. The second kappa shape index (κ2) is 4.98. The van der Waals surface area contributed by atoms with Crippen LogP contribution in [0.2, 0.25) is 0 Å². The summed E-state index contributed by atoms with van der Waals surface area (Å²) in [6, 6.07) is 4.43. The van der Waals surface area contributed by atoms with E-state index >= 15 is 0 Å². The van der Waals surface area contributed by atoms with Crippen molar-refractivity contribution >= 4 is 30.6 Å². The molecule has 0 N–H and O–H groups in total. The van der Waals surface area contributed by atoms with E-state index in [1.54, 1.807) is 16.7 Å². The second-order valence-corrected chi connectivity index (χ2v) is 7.00. The minimum absolute atomic E-state index is 0.0409. The molecule has 1 heterocycles. The number of benzene rings is 1. The fraction of sp³-hybridized carbons (Fsp3) is 0.231. The molecule has 0 fully saturated rings. The van der Waals surface area contributed by atoms with Crippen LogP contribution in [0.4, 0.5) is 4.39 Å². The van der Waals surface area contributed by atoms with Gasteiger partial charge < -0.3 is 4.57 Å². The predicted octanol–water partition coefficient (Wildman–Crippen LogP) is 3.67. The average Bonchev–Trinajstić information content (AvgIpc) is 2.66. The van der Waals surface area contributed by atoms with Gasteiger partial charge >= 0.3 is 0 Å². The summed E-state index contributed by atoms with van der Waals surface area (Å²) in [6.07, 6.45) is 2.06. The second-order valence-electron chi connectivity index (χ2n) is 4.47. The van der Waals surface area contributed by atoms with Crippen molar-refractivity contribution in [3.05, 3.63) is 42.4 Å². The van der Waals surface area contributed by atoms with Crippen LogP contribution in [0.15, 0.2) is 41.4 Å². The number of nitrogens with zero attached hydrogens (tertiary/aromatic N) is 1. The van der Waals surface area contributed by atoms with E-state index in [-0.39, 0.29) is 10.3 Å². The Morgan fingerprint density at radius 1 is 1.47 bits per heavy atom. The van der Waals surface area contributed by atoms with Gasteiger partial charge in [0.05, 0.1) is 10.9 Å². The summed E-state index contributed by atoms with van der Waals surface area (Å²) in [6.45, 7) is 6.20. The molecule has 2 aromatic rings. The summed E-state index contributed by atoms with van der Waals surface area (Å²) in [5.74, 6) is -0.592. The minimum atomic E-state index is -3.98. The van der Waals surface area contributed by atoms with Gasteiger partial charge in [-0.1, -0.05) is 11.6 Å². The van der Waals surface area contributed by atoms with Gasteiger partial charge in [0.1, 0.15) is 10.7 Å². The van der Waals surface area contributed by atoms with Crippen molar-refractivity contribution in [2.45, 2.75) is 24.8 Å². The molecule has 0 aliphatic carbocycles. The summed E-state index contributed by atoms with van der Waals surface area (Å²) in [4.78, 5) is -0.191. The number of hydrogen-bond acceptors (Lipinski definition) is 2. The van der Waals surface area contributed by atoms with Gasteiger partial charge in [0.2, 0.25) is 0 Å². The van der Waals surface area contributed by atoms with Crippen LogP contribution in [0.25, 0.3) is 10.9 Å². The molecular formula is C13H13ClFNO2S. The normalized spacial score (nSPS) is 11.9. The number of aryl methyl sites for hydroxylation is 1. The summed E-state index contributed by atoms with van der Waals surface area (Å²) in [7, 11) is 1.38. The Balaban J connectivity index is 2.67. The lowest BCUT2D eigenvalue weighted by Crippen LogP contribution is -1.96. The molecule has 2 rings (SSSR count). The highest BCUT2D eigenvalue weighted by Gasteiger charge is 2.21. The van der Waals surface area contributed by atoms with E-state index in [9.17, 15) is 12.8 Å². The minimum Gasteiger partial charge on any atom is -0.346 e. The fourth-order valence-electron chi connectivity index (χ4n) is 1.95. The van der Waals surface area contributed by atoms with Gasteiger partial charge in [-0.25, -0.2) is 12.8 Å². The van der Waals surface area contributed by atoms with Crippen molar-refractivity contribution in [2.24, 2.45) is 0 Å². The molecule has 19 heavy (non-hydrogen) atoms. The lowest BCUT2D eigenvalue weighted by Gasteiger charge is -2.04. The van der Waals surface area contributed by atoms with Gasteiger partial charge in [-0.3, -0.25) is 0 Å². The van der Waals surface area contributed by atoms with Gasteiger partial charge in [0.15, 0.2) is 0 Å². The van der Waals surface area contributed by atoms with Gasteiger partial charge in [0.25, 0.3) is 9.05 Å². The molecule has 0 saturated heterocycles. The van der Waals surface area contributed by atoms with E-state index < -0.39 is 14.9 Å². The molecule has 6 heteroatoms. The Morgan fingerprint density at radius 3 is 2.74 bits per heavy atom. The molecule has 1 aromatic carbocycles. The van der Waals surface area contributed by atoms with Crippen LogP contribution >= 0.6 is 10.7 Å². The first kappa shape index (κ1) is 14.1. The van der Waals surface area contributed by atoms with Gasteiger partial charge in [-0.05, 0) is 25.5 Å². The van der Waals surface area contributed by atoms with Crippen molar-refractivity contribution < 1.29 is 12.8 Å². The SMILES string of the molecule is C=C(C)CCn1cc(S(=O)(=O)Cl)c2c(F)cccc21. The molecule has 0 atom stereocenters. The third kappa shape index (κ3) is 2.82. The molecule has 3 nitrogen and oxygen atoms in total. The molecule has 0 unspecified atom stereocenters. The van der Waals surface area contributed by atoms with Crippen molar-refractivity contribution in [1.82, 2.24) is 4.57 Å². The van der Waals surface area contributed by atoms with Crippen LogP contribution in [0, 0.1) is 5.82 Å². The number of allylic oxidation sites excluding steroid dienone is 1. The Hall–Kier alpha value is -1.33. The number of halogens is 2. The maximum Gasteiger partial charge on any atom is 0.263 e. The van der Waals surface area contributed by atoms with E-state index in [0.717, 1.165) is 5.57 Å². The van der Waals surface area contributed by atoms with Crippen molar-refractivity contribution in [2.75, 3.05) is 0 Å². The van der Waals surface area contributed by atoms with Crippen LogP contribution in [-0.4, -0.2) is 13.0 Å². The summed E-state index contributed by atoms with van der Waals surface area (Å²) in [5, 5.41) is 0.0409. The largest absolute Gasteiger partial charge is 0.346 e. The first-order valence-electron chi connectivity index (χ1n) is 5.67. The van der Waals surface area contributed by atoms with Gasteiger partial charge in [0, 0.05) is 23.4 Å². The van der Waals surface area contributed by atoms with Crippen LogP contribution < -0.4 is 0 Å². The molecule has 0 aliphatic rings. The molecular weight excluding hydrogens is 289 g/mol. The molecule has 102 valence electrons. The number of rotatable bonds is 4. The summed E-state index contributed by atoms with van der Waals surface area (Å²) < 4.78 is 38.6.